The molecular formula is C24H26O4. The molecule has 2 atom stereocenters. The van der Waals surface area contributed by atoms with Crippen LogP contribution in [0.2, 0.25) is 0 Å². The van der Waals surface area contributed by atoms with Crippen LogP contribution in [0, 0.1) is 11.8 Å². The molecule has 1 aliphatic rings. The lowest BCUT2D eigenvalue weighted by Gasteiger charge is -2.30. The van der Waals surface area contributed by atoms with Gasteiger partial charge in [-0.15, -0.1) is 0 Å². The lowest BCUT2D eigenvalue weighted by molar-refractivity contribution is -0.188. The summed E-state index contributed by atoms with van der Waals surface area (Å²) >= 11 is 0. The maximum Gasteiger partial charge on any atom is 0.355 e. The highest BCUT2D eigenvalue weighted by atomic mass is 16.8. The Bertz CT molecular complexity index is 885. The van der Waals surface area contributed by atoms with Gasteiger partial charge < -0.3 is 14.2 Å². The summed E-state index contributed by atoms with van der Waals surface area (Å²) in [6, 6.07) is 19.0. The Morgan fingerprint density at radius 3 is 2.14 bits per heavy atom. The third-order valence-electron chi connectivity index (χ3n) is 4.15. The zero-order valence-corrected chi connectivity index (χ0v) is 17.0. The van der Waals surface area contributed by atoms with Gasteiger partial charge in [0.2, 0.25) is 0 Å². The van der Waals surface area contributed by atoms with Crippen molar-refractivity contribution in [2.24, 2.45) is 0 Å². The maximum atomic E-state index is 13.3. The third-order valence-corrected chi connectivity index (χ3v) is 4.15. The van der Waals surface area contributed by atoms with Gasteiger partial charge >= 0.3 is 5.97 Å². The molecule has 1 aliphatic heterocycles. The van der Waals surface area contributed by atoms with Crippen molar-refractivity contribution in [3.8, 4) is 11.8 Å². The molecule has 0 saturated carbocycles. The number of carbonyl (C=O) groups excluding carboxylic acids is 1. The van der Waals surface area contributed by atoms with E-state index in [2.05, 4.69) is 11.8 Å². The SMILES string of the molecule is CC(C)(C)OC(=O)[C@@]1(C#Cc2ccccc2)OC(C)(C)O[C@@H]1c1ccccc1. The summed E-state index contributed by atoms with van der Waals surface area (Å²) in [6.45, 7) is 9.02. The fourth-order valence-corrected chi connectivity index (χ4v) is 3.09. The second kappa shape index (κ2) is 7.43. The Morgan fingerprint density at radius 2 is 1.57 bits per heavy atom. The molecule has 0 N–H and O–H groups in total. The fourth-order valence-electron chi connectivity index (χ4n) is 3.09. The van der Waals surface area contributed by atoms with Gasteiger partial charge in [-0.2, -0.15) is 0 Å². The standard InChI is InChI=1S/C24H26O4/c1-22(2,3)27-21(25)24(17-16-18-12-8-6-9-13-18)20(26-23(4,5)28-24)19-14-10-7-11-15-19/h6-15,20H,1-5H3/t20-,24+/m1/s1. The highest BCUT2D eigenvalue weighted by Gasteiger charge is 2.60. The van der Waals surface area contributed by atoms with Crippen molar-refractivity contribution in [2.45, 2.75) is 57.7 Å². The summed E-state index contributed by atoms with van der Waals surface area (Å²) in [5, 5.41) is 0. The number of rotatable bonds is 2. The van der Waals surface area contributed by atoms with Crippen LogP contribution in [0.25, 0.3) is 0 Å². The van der Waals surface area contributed by atoms with E-state index >= 15 is 0 Å². The van der Waals surface area contributed by atoms with E-state index in [1.54, 1.807) is 13.8 Å². The van der Waals surface area contributed by atoms with E-state index in [4.69, 9.17) is 14.2 Å². The van der Waals surface area contributed by atoms with Crippen LogP contribution in [0.1, 0.15) is 51.8 Å². The smallest absolute Gasteiger partial charge is 0.355 e. The number of carbonyl (C=O) groups is 1. The number of esters is 1. The van der Waals surface area contributed by atoms with Crippen LogP contribution < -0.4 is 0 Å². The molecule has 3 rings (SSSR count). The topological polar surface area (TPSA) is 44.8 Å². The summed E-state index contributed by atoms with van der Waals surface area (Å²) in [4.78, 5) is 13.3. The van der Waals surface area contributed by atoms with E-state index in [0.29, 0.717) is 0 Å². The molecule has 0 spiro atoms. The van der Waals surface area contributed by atoms with Crippen molar-refractivity contribution in [1.29, 1.82) is 0 Å². The quantitative estimate of drug-likeness (QED) is 0.564. The second-order valence-electron chi connectivity index (χ2n) is 8.26. The van der Waals surface area contributed by atoms with Gasteiger partial charge in [-0.3, -0.25) is 0 Å². The van der Waals surface area contributed by atoms with Crippen LogP contribution in [-0.4, -0.2) is 23.0 Å². The van der Waals surface area contributed by atoms with Gasteiger partial charge in [-0.05, 0) is 58.2 Å². The number of hydrogen-bond donors (Lipinski definition) is 0. The molecule has 0 amide bonds. The monoisotopic (exact) mass is 378 g/mol. The summed E-state index contributed by atoms with van der Waals surface area (Å²) in [5.41, 5.74) is -0.670. The summed E-state index contributed by atoms with van der Waals surface area (Å²) < 4.78 is 18.0. The van der Waals surface area contributed by atoms with Crippen molar-refractivity contribution >= 4 is 5.97 Å². The molecule has 4 nitrogen and oxygen atoms in total. The van der Waals surface area contributed by atoms with E-state index in [1.807, 2.05) is 81.4 Å². The van der Waals surface area contributed by atoms with Gasteiger partial charge in [-0.1, -0.05) is 54.5 Å². The van der Waals surface area contributed by atoms with Crippen LogP contribution in [0.5, 0.6) is 0 Å². The highest BCUT2D eigenvalue weighted by Crippen LogP contribution is 2.46. The van der Waals surface area contributed by atoms with Gasteiger partial charge in [0.25, 0.3) is 5.60 Å². The predicted molar refractivity (Wildman–Crippen MR) is 107 cm³/mol. The predicted octanol–water partition coefficient (Wildman–Crippen LogP) is 4.64. The molecule has 2 aromatic rings. The van der Waals surface area contributed by atoms with Crippen molar-refractivity contribution < 1.29 is 19.0 Å². The molecule has 2 aromatic carbocycles. The zero-order valence-electron chi connectivity index (χ0n) is 17.0. The number of hydrogen-bond acceptors (Lipinski definition) is 4. The first-order chi connectivity index (χ1) is 13.1. The molecule has 1 fully saturated rings. The minimum absolute atomic E-state index is 0.553. The lowest BCUT2D eigenvalue weighted by atomic mass is 9.91. The van der Waals surface area contributed by atoms with Gasteiger partial charge in [-0.25, -0.2) is 4.79 Å². The molecule has 1 heterocycles. The first-order valence-electron chi connectivity index (χ1n) is 9.36. The fraction of sp³-hybridized carbons (Fsp3) is 0.375. The molecule has 0 aromatic heterocycles. The van der Waals surface area contributed by atoms with E-state index in [1.165, 1.54) is 0 Å². The summed E-state index contributed by atoms with van der Waals surface area (Å²) in [6.07, 6.45) is -0.713. The van der Waals surface area contributed by atoms with Crippen LogP contribution in [0.3, 0.4) is 0 Å². The summed E-state index contributed by atoms with van der Waals surface area (Å²) in [7, 11) is 0. The molecule has 0 bridgehead atoms. The largest absolute Gasteiger partial charge is 0.457 e. The third kappa shape index (κ3) is 4.44. The molecule has 4 heteroatoms. The first-order valence-corrected chi connectivity index (χ1v) is 9.36. The van der Waals surface area contributed by atoms with Gasteiger partial charge in [0.1, 0.15) is 11.7 Å². The van der Waals surface area contributed by atoms with Gasteiger partial charge in [0.05, 0.1) is 0 Å². The minimum Gasteiger partial charge on any atom is -0.457 e. The molecule has 28 heavy (non-hydrogen) atoms. The zero-order chi connectivity index (χ0) is 20.4. The second-order valence-corrected chi connectivity index (χ2v) is 8.26. The molecule has 0 unspecified atom stereocenters. The van der Waals surface area contributed by atoms with Crippen LogP contribution in [-0.2, 0) is 19.0 Å². The van der Waals surface area contributed by atoms with E-state index in [9.17, 15) is 4.79 Å². The number of ether oxygens (including phenoxy) is 3. The van der Waals surface area contributed by atoms with E-state index in [0.717, 1.165) is 11.1 Å². The van der Waals surface area contributed by atoms with Crippen molar-refractivity contribution in [3.05, 3.63) is 71.8 Å². The summed E-state index contributed by atoms with van der Waals surface area (Å²) in [5.74, 6) is 4.59. The van der Waals surface area contributed by atoms with Crippen LogP contribution in [0.4, 0.5) is 0 Å². The molecule has 1 saturated heterocycles. The number of benzene rings is 2. The van der Waals surface area contributed by atoms with Crippen molar-refractivity contribution in [1.82, 2.24) is 0 Å². The molecule has 146 valence electrons. The Balaban J connectivity index is 2.13. The average molecular weight is 378 g/mol. The lowest BCUT2D eigenvalue weighted by Crippen LogP contribution is -2.47. The van der Waals surface area contributed by atoms with E-state index < -0.39 is 29.1 Å². The average Bonchev–Trinajstić information content (AvgIpc) is 2.92. The first kappa shape index (κ1) is 20.1. The maximum absolute atomic E-state index is 13.3. The Hall–Kier alpha value is -2.61. The van der Waals surface area contributed by atoms with Crippen molar-refractivity contribution in [2.75, 3.05) is 0 Å². The van der Waals surface area contributed by atoms with Gasteiger partial charge in [0.15, 0.2) is 5.79 Å². The molecular weight excluding hydrogens is 352 g/mol. The Kier molecular flexibility index (Phi) is 5.34. The minimum atomic E-state index is -1.58. The van der Waals surface area contributed by atoms with Crippen LogP contribution in [0.15, 0.2) is 60.7 Å². The van der Waals surface area contributed by atoms with Gasteiger partial charge in [0, 0.05) is 5.56 Å². The van der Waals surface area contributed by atoms with E-state index in [-0.39, 0.29) is 0 Å². The molecule has 0 radical (unpaired) electrons. The van der Waals surface area contributed by atoms with Crippen LogP contribution >= 0.6 is 0 Å². The normalized spacial score (nSPS) is 23.5. The Labute approximate surface area is 166 Å². The molecule has 0 aliphatic carbocycles. The Morgan fingerprint density at radius 1 is 1.00 bits per heavy atom. The van der Waals surface area contributed by atoms with Crippen molar-refractivity contribution in [3.63, 3.8) is 0 Å². The highest BCUT2D eigenvalue weighted by molar-refractivity contribution is 5.86.